The molecular formula is C14H21N3O2S. The Morgan fingerprint density at radius 1 is 1.30 bits per heavy atom. The summed E-state index contributed by atoms with van der Waals surface area (Å²) in [5.74, 6) is 0.256. The molecule has 6 heteroatoms. The Morgan fingerprint density at radius 3 is 2.45 bits per heavy atom. The zero-order valence-corrected chi connectivity index (χ0v) is 12.5. The Hall–Kier alpha value is -1.56. The molecule has 0 heterocycles. The van der Waals surface area contributed by atoms with Gasteiger partial charge in [-0.3, -0.25) is 4.99 Å². The van der Waals surface area contributed by atoms with E-state index in [4.69, 9.17) is 5.73 Å². The zero-order chi connectivity index (χ0) is 14.6. The van der Waals surface area contributed by atoms with Gasteiger partial charge < -0.3 is 11.1 Å². The number of guanidine groups is 1. The van der Waals surface area contributed by atoms with E-state index in [1.165, 1.54) is 6.26 Å². The molecule has 0 unspecified atom stereocenters. The first kappa shape index (κ1) is 14.8. The molecule has 1 aliphatic carbocycles. The largest absolute Gasteiger partial charge is 0.370 e. The van der Waals surface area contributed by atoms with Crippen LogP contribution in [0.3, 0.4) is 0 Å². The van der Waals surface area contributed by atoms with E-state index in [1.807, 2.05) is 30.3 Å². The summed E-state index contributed by atoms with van der Waals surface area (Å²) in [5.41, 5.74) is 6.67. The Bertz CT molecular complexity index is 576. The molecule has 3 N–H and O–H groups in total. The maximum Gasteiger partial charge on any atom is 0.193 e. The monoisotopic (exact) mass is 295 g/mol. The van der Waals surface area contributed by atoms with Gasteiger partial charge in [-0.1, -0.05) is 31.0 Å². The maximum absolute atomic E-state index is 12.0. The summed E-state index contributed by atoms with van der Waals surface area (Å²) in [6, 6.07) is 9.46. The quantitative estimate of drug-likeness (QED) is 0.655. The molecule has 1 aromatic carbocycles. The summed E-state index contributed by atoms with van der Waals surface area (Å²) in [5, 5.41) is 2.97. The highest BCUT2D eigenvalue weighted by atomic mass is 32.2. The summed E-state index contributed by atoms with van der Waals surface area (Å²) in [6.07, 6.45) is 4.53. The lowest BCUT2D eigenvalue weighted by Crippen LogP contribution is -2.39. The highest BCUT2D eigenvalue weighted by Gasteiger charge is 2.43. The van der Waals surface area contributed by atoms with Crippen LogP contribution in [0.25, 0.3) is 0 Å². The Kier molecular flexibility index (Phi) is 4.32. The van der Waals surface area contributed by atoms with Gasteiger partial charge in [0, 0.05) is 11.9 Å². The minimum Gasteiger partial charge on any atom is -0.370 e. The van der Waals surface area contributed by atoms with E-state index in [-0.39, 0.29) is 12.5 Å². The van der Waals surface area contributed by atoms with E-state index in [0.717, 1.165) is 18.5 Å². The molecular weight excluding hydrogens is 274 g/mol. The molecule has 0 aromatic heterocycles. The molecule has 0 bridgehead atoms. The van der Waals surface area contributed by atoms with Crippen LogP contribution < -0.4 is 11.1 Å². The first-order valence-corrected chi connectivity index (χ1v) is 8.64. The van der Waals surface area contributed by atoms with Crippen LogP contribution in [0.5, 0.6) is 0 Å². The summed E-state index contributed by atoms with van der Waals surface area (Å²) >= 11 is 0. The molecule has 20 heavy (non-hydrogen) atoms. The van der Waals surface area contributed by atoms with E-state index < -0.39 is 14.6 Å². The second kappa shape index (κ2) is 5.83. The van der Waals surface area contributed by atoms with Gasteiger partial charge >= 0.3 is 0 Å². The standard InChI is InChI=1S/C14H21N3O2S/c1-20(18,19)14(9-5-6-10-14)11-16-13(15)17-12-7-3-2-4-8-12/h2-4,7-8H,5-6,9-11H2,1H3,(H3,15,16,17). The van der Waals surface area contributed by atoms with E-state index in [1.54, 1.807) is 0 Å². The molecule has 5 nitrogen and oxygen atoms in total. The number of aliphatic imine (C=N–C) groups is 1. The predicted molar refractivity (Wildman–Crippen MR) is 82.6 cm³/mol. The summed E-state index contributed by atoms with van der Waals surface area (Å²) in [4.78, 5) is 4.24. The normalized spacial score (nSPS) is 18.9. The average Bonchev–Trinajstić information content (AvgIpc) is 2.87. The highest BCUT2D eigenvalue weighted by Crippen LogP contribution is 2.36. The van der Waals surface area contributed by atoms with Gasteiger partial charge in [0.1, 0.15) is 0 Å². The van der Waals surface area contributed by atoms with Crippen molar-refractivity contribution in [2.75, 3.05) is 18.1 Å². The lowest BCUT2D eigenvalue weighted by atomic mass is 10.1. The van der Waals surface area contributed by atoms with Gasteiger partial charge in [-0.15, -0.1) is 0 Å². The Morgan fingerprint density at radius 2 is 1.90 bits per heavy atom. The van der Waals surface area contributed by atoms with Crippen molar-refractivity contribution in [1.29, 1.82) is 0 Å². The first-order valence-electron chi connectivity index (χ1n) is 6.75. The molecule has 0 radical (unpaired) electrons. The van der Waals surface area contributed by atoms with Gasteiger partial charge in [0.15, 0.2) is 15.8 Å². The second-order valence-corrected chi connectivity index (χ2v) is 7.77. The van der Waals surface area contributed by atoms with Crippen LogP contribution in [0.15, 0.2) is 35.3 Å². The number of hydrogen-bond acceptors (Lipinski definition) is 3. The maximum atomic E-state index is 12.0. The summed E-state index contributed by atoms with van der Waals surface area (Å²) < 4.78 is 23.3. The summed E-state index contributed by atoms with van der Waals surface area (Å²) in [7, 11) is -3.12. The lowest BCUT2D eigenvalue weighted by molar-refractivity contribution is 0.521. The molecule has 0 saturated heterocycles. The van der Waals surface area contributed by atoms with Crippen molar-refractivity contribution in [2.45, 2.75) is 30.4 Å². The molecule has 0 aliphatic heterocycles. The smallest absolute Gasteiger partial charge is 0.193 e. The van der Waals surface area contributed by atoms with Crippen LogP contribution in [0, 0.1) is 0 Å². The Balaban J connectivity index is 2.07. The van der Waals surface area contributed by atoms with E-state index >= 15 is 0 Å². The molecule has 2 rings (SSSR count). The lowest BCUT2D eigenvalue weighted by Gasteiger charge is -2.24. The highest BCUT2D eigenvalue weighted by molar-refractivity contribution is 7.92. The SMILES string of the molecule is CS(=O)(=O)C1(CN=C(N)Nc2ccccc2)CCCC1. The second-order valence-electron chi connectivity index (χ2n) is 5.35. The average molecular weight is 295 g/mol. The fourth-order valence-corrected chi connectivity index (χ4v) is 3.93. The number of benzene rings is 1. The molecule has 1 saturated carbocycles. The first-order chi connectivity index (χ1) is 9.43. The van der Waals surface area contributed by atoms with Crippen LogP contribution in [-0.4, -0.2) is 31.9 Å². The van der Waals surface area contributed by atoms with Crippen LogP contribution in [0.4, 0.5) is 5.69 Å². The summed E-state index contributed by atoms with van der Waals surface area (Å²) in [6.45, 7) is 0.234. The minimum absolute atomic E-state index is 0.234. The van der Waals surface area contributed by atoms with Gasteiger partial charge in [0.05, 0.1) is 11.3 Å². The van der Waals surface area contributed by atoms with Crippen molar-refractivity contribution in [3.63, 3.8) is 0 Å². The minimum atomic E-state index is -3.12. The van der Waals surface area contributed by atoms with Crippen molar-refractivity contribution >= 4 is 21.5 Å². The number of anilines is 1. The molecule has 1 aliphatic rings. The molecule has 0 amide bonds. The van der Waals surface area contributed by atoms with Crippen LogP contribution in [0.1, 0.15) is 25.7 Å². The van der Waals surface area contributed by atoms with Crippen molar-refractivity contribution in [3.8, 4) is 0 Å². The molecule has 1 fully saturated rings. The van der Waals surface area contributed by atoms with E-state index in [9.17, 15) is 8.42 Å². The molecule has 0 spiro atoms. The third-order valence-corrected chi connectivity index (χ3v) is 6.00. The third-order valence-electron chi connectivity index (χ3n) is 3.89. The predicted octanol–water partition coefficient (Wildman–Crippen LogP) is 1.77. The number of rotatable bonds is 4. The molecule has 110 valence electrons. The van der Waals surface area contributed by atoms with Gasteiger partial charge in [0.2, 0.25) is 0 Å². The fraction of sp³-hybridized carbons (Fsp3) is 0.500. The van der Waals surface area contributed by atoms with Crippen molar-refractivity contribution in [2.24, 2.45) is 10.7 Å². The van der Waals surface area contributed by atoms with Gasteiger partial charge in [-0.2, -0.15) is 0 Å². The Labute approximate surface area is 120 Å². The number of sulfone groups is 1. The van der Waals surface area contributed by atoms with Crippen LogP contribution >= 0.6 is 0 Å². The fourth-order valence-electron chi connectivity index (χ4n) is 2.60. The number of para-hydroxylation sites is 1. The van der Waals surface area contributed by atoms with Crippen molar-refractivity contribution in [3.05, 3.63) is 30.3 Å². The zero-order valence-electron chi connectivity index (χ0n) is 11.7. The van der Waals surface area contributed by atoms with Crippen molar-refractivity contribution in [1.82, 2.24) is 0 Å². The number of hydrogen-bond donors (Lipinski definition) is 2. The van der Waals surface area contributed by atoms with E-state index in [0.29, 0.717) is 12.8 Å². The van der Waals surface area contributed by atoms with Gasteiger partial charge in [0.25, 0.3) is 0 Å². The van der Waals surface area contributed by atoms with Crippen LogP contribution in [-0.2, 0) is 9.84 Å². The third kappa shape index (κ3) is 3.30. The molecule has 0 atom stereocenters. The number of nitrogens with two attached hydrogens (primary N) is 1. The van der Waals surface area contributed by atoms with Crippen molar-refractivity contribution < 1.29 is 8.42 Å². The number of nitrogens with one attached hydrogen (secondary N) is 1. The topological polar surface area (TPSA) is 84.5 Å². The number of nitrogens with zero attached hydrogens (tertiary/aromatic N) is 1. The van der Waals surface area contributed by atoms with Gasteiger partial charge in [-0.05, 0) is 25.0 Å². The van der Waals surface area contributed by atoms with Gasteiger partial charge in [-0.25, -0.2) is 8.42 Å². The van der Waals surface area contributed by atoms with Crippen LogP contribution in [0.2, 0.25) is 0 Å². The van der Waals surface area contributed by atoms with E-state index in [2.05, 4.69) is 10.3 Å². The molecule has 1 aromatic rings.